The van der Waals surface area contributed by atoms with E-state index in [2.05, 4.69) is 20.4 Å². The summed E-state index contributed by atoms with van der Waals surface area (Å²) in [5, 5.41) is 21.4. The average molecular weight is 504 g/mol. The molecule has 1 amide bonds. The number of amides is 1. The predicted octanol–water partition coefficient (Wildman–Crippen LogP) is 3.22. The number of carbonyl (C=O) groups excluding carboxylic acids is 1. The molecular formula is C25H25N7O3S. The molecule has 0 spiro atoms. The minimum absolute atomic E-state index is 0.258. The van der Waals surface area contributed by atoms with Crippen molar-refractivity contribution in [1.29, 1.82) is 0 Å². The number of aliphatic hydroxyl groups is 1. The van der Waals surface area contributed by atoms with E-state index in [0.29, 0.717) is 36.8 Å². The number of hydrogen-bond acceptors (Lipinski definition) is 9. The van der Waals surface area contributed by atoms with Crippen molar-refractivity contribution in [2.75, 3.05) is 32.1 Å². The lowest BCUT2D eigenvalue weighted by atomic mass is 9.91. The molecule has 2 fully saturated rings. The van der Waals surface area contributed by atoms with Crippen molar-refractivity contribution in [3.8, 4) is 22.0 Å². The van der Waals surface area contributed by atoms with Gasteiger partial charge in [-0.2, -0.15) is 5.10 Å². The van der Waals surface area contributed by atoms with Gasteiger partial charge in [-0.1, -0.05) is 18.2 Å². The zero-order valence-corrected chi connectivity index (χ0v) is 20.5. The molecule has 0 saturated carbocycles. The van der Waals surface area contributed by atoms with Crippen molar-refractivity contribution in [2.24, 2.45) is 0 Å². The Balaban J connectivity index is 1.21. The Kier molecular flexibility index (Phi) is 5.75. The quantitative estimate of drug-likeness (QED) is 0.412. The summed E-state index contributed by atoms with van der Waals surface area (Å²) in [6.45, 7) is 1.96. The standard InChI is InChI=1S/C25H25N7O3S/c1-31-9-7-25(34,23(31)33)17-4-2-3-16(11-17)22-29-21(15-36-22)20-5-8-26-24(30-20)28-18-12-27-32(13-18)19-6-10-35-14-19/h2-5,8,11-13,15,19,34H,6-7,9-10,14H2,1H3,(H,26,28,30)/t19-,25+/m0/s1. The van der Waals surface area contributed by atoms with Crippen molar-refractivity contribution >= 4 is 28.9 Å². The normalized spacial score (nSPS) is 21.9. The van der Waals surface area contributed by atoms with E-state index in [9.17, 15) is 9.90 Å². The number of thiazole rings is 1. The van der Waals surface area contributed by atoms with Crippen LogP contribution in [0, 0.1) is 0 Å². The van der Waals surface area contributed by atoms with Crippen LogP contribution in [0.15, 0.2) is 54.3 Å². The van der Waals surface area contributed by atoms with E-state index >= 15 is 0 Å². The number of nitrogens with zero attached hydrogens (tertiary/aromatic N) is 6. The van der Waals surface area contributed by atoms with Gasteiger partial charge in [0.2, 0.25) is 5.95 Å². The molecule has 2 atom stereocenters. The lowest BCUT2D eigenvalue weighted by Crippen LogP contribution is -2.36. The van der Waals surface area contributed by atoms with Crippen LogP contribution in [-0.2, 0) is 15.1 Å². The number of hydrogen-bond donors (Lipinski definition) is 2. The molecule has 11 heteroatoms. The Hall–Kier alpha value is -3.67. The van der Waals surface area contributed by atoms with Crippen LogP contribution in [0.3, 0.4) is 0 Å². The second-order valence-corrected chi connectivity index (χ2v) is 9.93. The number of benzene rings is 1. The van der Waals surface area contributed by atoms with Gasteiger partial charge in [-0.15, -0.1) is 11.3 Å². The van der Waals surface area contributed by atoms with Gasteiger partial charge in [-0.25, -0.2) is 15.0 Å². The molecule has 36 heavy (non-hydrogen) atoms. The van der Waals surface area contributed by atoms with E-state index in [1.54, 1.807) is 30.4 Å². The Morgan fingerprint density at radius 3 is 2.97 bits per heavy atom. The summed E-state index contributed by atoms with van der Waals surface area (Å²) in [6, 6.07) is 9.49. The highest BCUT2D eigenvalue weighted by atomic mass is 32.1. The lowest BCUT2D eigenvalue weighted by Gasteiger charge is -2.21. The minimum Gasteiger partial charge on any atom is -0.379 e. The fourth-order valence-electron chi connectivity index (χ4n) is 4.58. The van der Waals surface area contributed by atoms with Gasteiger partial charge in [-0.3, -0.25) is 9.48 Å². The van der Waals surface area contributed by atoms with E-state index in [4.69, 9.17) is 9.72 Å². The smallest absolute Gasteiger partial charge is 0.258 e. The molecule has 0 bridgehead atoms. The van der Waals surface area contributed by atoms with E-state index < -0.39 is 5.60 Å². The molecule has 0 aliphatic carbocycles. The highest BCUT2D eigenvalue weighted by molar-refractivity contribution is 7.13. The maximum Gasteiger partial charge on any atom is 0.258 e. The van der Waals surface area contributed by atoms with Crippen molar-refractivity contribution < 1.29 is 14.6 Å². The molecule has 10 nitrogen and oxygen atoms in total. The molecule has 1 aromatic carbocycles. The SMILES string of the molecule is CN1CC[C@@](O)(c2cccc(-c3nc(-c4ccnc(Nc5cnn([C@H]6CCOC6)c5)n4)cs3)c2)C1=O. The van der Waals surface area contributed by atoms with Crippen LogP contribution >= 0.6 is 11.3 Å². The summed E-state index contributed by atoms with van der Waals surface area (Å²) in [5.41, 5.74) is 2.16. The third-order valence-corrected chi connectivity index (χ3v) is 7.55. The lowest BCUT2D eigenvalue weighted by molar-refractivity contribution is -0.143. The van der Waals surface area contributed by atoms with Crippen LogP contribution in [0.2, 0.25) is 0 Å². The summed E-state index contributed by atoms with van der Waals surface area (Å²) < 4.78 is 7.35. The van der Waals surface area contributed by atoms with Gasteiger partial charge in [0, 0.05) is 50.0 Å². The zero-order valence-electron chi connectivity index (χ0n) is 19.7. The third kappa shape index (κ3) is 4.15. The number of likely N-dealkylation sites (N-methyl/N-ethyl adjacent to an activating group) is 1. The predicted molar refractivity (Wildman–Crippen MR) is 135 cm³/mol. The van der Waals surface area contributed by atoms with Gasteiger partial charge in [0.15, 0.2) is 5.60 Å². The highest BCUT2D eigenvalue weighted by Crippen LogP contribution is 2.36. The summed E-state index contributed by atoms with van der Waals surface area (Å²) in [6.07, 6.45) is 6.71. The molecule has 2 N–H and O–H groups in total. The van der Waals surface area contributed by atoms with Crippen LogP contribution < -0.4 is 5.32 Å². The maximum atomic E-state index is 12.5. The fourth-order valence-corrected chi connectivity index (χ4v) is 5.39. The number of likely N-dealkylation sites (tertiary alicyclic amines) is 1. The third-order valence-electron chi connectivity index (χ3n) is 6.66. The fraction of sp³-hybridized carbons (Fsp3) is 0.320. The Morgan fingerprint density at radius 1 is 1.25 bits per heavy atom. The first-order valence-corrected chi connectivity index (χ1v) is 12.6. The first kappa shape index (κ1) is 22.8. The summed E-state index contributed by atoms with van der Waals surface area (Å²) >= 11 is 1.48. The van der Waals surface area contributed by atoms with Crippen molar-refractivity contribution in [1.82, 2.24) is 29.6 Å². The number of carbonyl (C=O) groups is 1. The van der Waals surface area contributed by atoms with Crippen LogP contribution in [-0.4, -0.2) is 67.5 Å². The van der Waals surface area contributed by atoms with Gasteiger partial charge in [0.05, 0.1) is 30.2 Å². The van der Waals surface area contributed by atoms with Crippen molar-refractivity contribution in [3.05, 3.63) is 59.9 Å². The second kappa shape index (κ2) is 9.08. The second-order valence-electron chi connectivity index (χ2n) is 9.07. The molecule has 4 aromatic rings. The van der Waals surface area contributed by atoms with Gasteiger partial charge in [0.25, 0.3) is 5.91 Å². The number of nitrogens with one attached hydrogen (secondary N) is 1. The Labute approximate surface area is 211 Å². The first-order chi connectivity index (χ1) is 17.5. The molecule has 184 valence electrons. The number of rotatable bonds is 6. The Morgan fingerprint density at radius 2 is 2.17 bits per heavy atom. The first-order valence-electron chi connectivity index (χ1n) is 11.8. The van der Waals surface area contributed by atoms with E-state index in [-0.39, 0.29) is 11.9 Å². The summed E-state index contributed by atoms with van der Waals surface area (Å²) in [4.78, 5) is 27.8. The molecule has 3 aromatic heterocycles. The minimum atomic E-state index is -1.49. The van der Waals surface area contributed by atoms with Crippen LogP contribution in [0.1, 0.15) is 24.4 Å². The van der Waals surface area contributed by atoms with Gasteiger partial charge in [-0.05, 0) is 24.1 Å². The van der Waals surface area contributed by atoms with E-state index in [1.165, 1.54) is 11.3 Å². The number of anilines is 2. The van der Waals surface area contributed by atoms with Crippen LogP contribution in [0.5, 0.6) is 0 Å². The molecule has 0 radical (unpaired) electrons. The van der Waals surface area contributed by atoms with Gasteiger partial charge in [0.1, 0.15) is 10.7 Å². The maximum absolute atomic E-state index is 12.5. The van der Waals surface area contributed by atoms with E-state index in [0.717, 1.165) is 35.0 Å². The van der Waals surface area contributed by atoms with Crippen LogP contribution in [0.4, 0.5) is 11.6 Å². The Bertz CT molecular complexity index is 1410. The molecular weight excluding hydrogens is 478 g/mol. The van der Waals surface area contributed by atoms with Gasteiger partial charge < -0.3 is 20.1 Å². The number of aromatic nitrogens is 5. The van der Waals surface area contributed by atoms with Gasteiger partial charge >= 0.3 is 0 Å². The molecule has 6 rings (SSSR count). The van der Waals surface area contributed by atoms with Crippen molar-refractivity contribution in [2.45, 2.75) is 24.5 Å². The zero-order chi connectivity index (χ0) is 24.7. The average Bonchev–Trinajstić information content (AvgIpc) is 3.71. The molecule has 0 unspecified atom stereocenters. The molecule has 2 saturated heterocycles. The van der Waals surface area contributed by atoms with Crippen LogP contribution in [0.25, 0.3) is 22.0 Å². The molecule has 5 heterocycles. The topological polar surface area (TPSA) is 118 Å². The highest BCUT2D eigenvalue weighted by Gasteiger charge is 2.45. The largest absolute Gasteiger partial charge is 0.379 e. The molecule has 2 aliphatic rings. The molecule has 2 aliphatic heterocycles. The summed E-state index contributed by atoms with van der Waals surface area (Å²) in [5.74, 6) is 0.181. The number of ether oxygens (including phenoxy) is 1. The van der Waals surface area contributed by atoms with E-state index in [1.807, 2.05) is 40.5 Å². The monoisotopic (exact) mass is 503 g/mol. The van der Waals surface area contributed by atoms with Crippen molar-refractivity contribution in [3.63, 3.8) is 0 Å². The summed E-state index contributed by atoms with van der Waals surface area (Å²) in [7, 11) is 1.71.